The average Bonchev–Trinajstić information content (AvgIpc) is 2.40. The van der Waals surface area contributed by atoms with Crippen molar-refractivity contribution in [3.63, 3.8) is 0 Å². The molecular weight excluding hydrogens is 246 g/mol. The number of ether oxygens (including phenoxy) is 1. The van der Waals surface area contributed by atoms with Gasteiger partial charge in [-0.15, -0.1) is 0 Å². The standard InChI is InChI=1S/C13H19N3OS/c1-3-11-4-6-12(7-5-11)10-15-16-13(18)14-8-9-17-2/h4-7,10H,3,8-9H2,1-2H3,(H2,14,16,18). The molecule has 0 saturated heterocycles. The molecule has 18 heavy (non-hydrogen) atoms. The quantitative estimate of drug-likeness (QED) is 0.356. The van der Waals surface area contributed by atoms with Gasteiger partial charge in [-0.1, -0.05) is 31.2 Å². The van der Waals surface area contributed by atoms with E-state index in [4.69, 9.17) is 17.0 Å². The third-order valence-corrected chi connectivity index (χ3v) is 2.60. The number of hydrazone groups is 1. The summed E-state index contributed by atoms with van der Waals surface area (Å²) < 4.78 is 4.90. The van der Waals surface area contributed by atoms with Crippen LogP contribution < -0.4 is 10.7 Å². The van der Waals surface area contributed by atoms with Gasteiger partial charge in [-0.25, -0.2) is 0 Å². The molecule has 4 nitrogen and oxygen atoms in total. The number of rotatable bonds is 6. The summed E-state index contributed by atoms with van der Waals surface area (Å²) in [5, 5.41) is 7.52. The van der Waals surface area contributed by atoms with E-state index in [1.54, 1.807) is 13.3 Å². The van der Waals surface area contributed by atoms with E-state index in [0.29, 0.717) is 18.3 Å². The molecule has 5 heteroatoms. The molecule has 0 amide bonds. The Morgan fingerprint density at radius 3 is 2.72 bits per heavy atom. The Balaban J connectivity index is 2.32. The van der Waals surface area contributed by atoms with Crippen LogP contribution in [0.15, 0.2) is 29.4 Å². The van der Waals surface area contributed by atoms with Crippen molar-refractivity contribution in [2.45, 2.75) is 13.3 Å². The van der Waals surface area contributed by atoms with Crippen LogP contribution in [0.5, 0.6) is 0 Å². The molecule has 0 saturated carbocycles. The highest BCUT2D eigenvalue weighted by molar-refractivity contribution is 7.80. The van der Waals surface area contributed by atoms with E-state index in [9.17, 15) is 0 Å². The van der Waals surface area contributed by atoms with Gasteiger partial charge >= 0.3 is 0 Å². The zero-order chi connectivity index (χ0) is 13.2. The van der Waals surface area contributed by atoms with Crippen molar-refractivity contribution >= 4 is 23.5 Å². The highest BCUT2D eigenvalue weighted by Gasteiger charge is 1.92. The van der Waals surface area contributed by atoms with Gasteiger partial charge in [-0.3, -0.25) is 5.43 Å². The van der Waals surface area contributed by atoms with Gasteiger partial charge in [0.05, 0.1) is 12.8 Å². The first-order chi connectivity index (χ1) is 8.76. The summed E-state index contributed by atoms with van der Waals surface area (Å²) in [6.45, 7) is 3.42. The normalized spacial score (nSPS) is 10.6. The summed E-state index contributed by atoms with van der Waals surface area (Å²) in [6.07, 6.45) is 2.78. The van der Waals surface area contributed by atoms with Crippen molar-refractivity contribution < 1.29 is 4.74 Å². The molecule has 0 bridgehead atoms. The Kier molecular flexibility index (Phi) is 6.98. The second-order valence-electron chi connectivity index (χ2n) is 3.71. The summed E-state index contributed by atoms with van der Waals surface area (Å²) in [5.41, 5.74) is 5.11. The number of benzene rings is 1. The van der Waals surface area contributed by atoms with E-state index in [2.05, 4.69) is 34.9 Å². The van der Waals surface area contributed by atoms with Gasteiger partial charge in [-0.05, 0) is 29.8 Å². The molecule has 98 valence electrons. The molecule has 0 atom stereocenters. The number of aryl methyl sites for hydroxylation is 1. The largest absolute Gasteiger partial charge is 0.383 e. The first kappa shape index (κ1) is 14.6. The Bertz CT molecular complexity index is 390. The summed E-state index contributed by atoms with van der Waals surface area (Å²) in [5.74, 6) is 0. The molecule has 0 spiro atoms. The zero-order valence-electron chi connectivity index (χ0n) is 10.8. The molecule has 0 fully saturated rings. The SMILES string of the molecule is CCc1ccc(C=NNC(=S)NCCOC)cc1. The lowest BCUT2D eigenvalue weighted by Crippen LogP contribution is -2.34. The Morgan fingerprint density at radius 1 is 1.39 bits per heavy atom. The summed E-state index contributed by atoms with van der Waals surface area (Å²) >= 11 is 5.03. The molecular formula is C13H19N3OS. The lowest BCUT2D eigenvalue weighted by molar-refractivity contribution is 0.204. The molecule has 0 radical (unpaired) electrons. The Morgan fingerprint density at radius 2 is 2.11 bits per heavy atom. The van der Waals surface area contributed by atoms with Crippen molar-refractivity contribution in [3.05, 3.63) is 35.4 Å². The van der Waals surface area contributed by atoms with Crippen molar-refractivity contribution in [3.8, 4) is 0 Å². The van der Waals surface area contributed by atoms with Crippen LogP contribution in [0.2, 0.25) is 0 Å². The van der Waals surface area contributed by atoms with Crippen LogP contribution in [-0.2, 0) is 11.2 Å². The highest BCUT2D eigenvalue weighted by Crippen LogP contribution is 2.02. The number of nitrogens with one attached hydrogen (secondary N) is 2. The molecule has 1 aromatic rings. The van der Waals surface area contributed by atoms with Gasteiger partial charge in [0.25, 0.3) is 0 Å². The van der Waals surface area contributed by atoms with Crippen LogP contribution in [0.1, 0.15) is 18.1 Å². The maximum absolute atomic E-state index is 5.03. The van der Waals surface area contributed by atoms with Gasteiger partial charge in [-0.2, -0.15) is 5.10 Å². The van der Waals surface area contributed by atoms with Crippen LogP contribution >= 0.6 is 12.2 Å². The summed E-state index contributed by atoms with van der Waals surface area (Å²) in [7, 11) is 1.65. The van der Waals surface area contributed by atoms with Crippen LogP contribution in [0.4, 0.5) is 0 Å². The molecule has 2 N–H and O–H groups in total. The summed E-state index contributed by atoms with van der Waals surface area (Å²) in [6, 6.07) is 8.25. The predicted molar refractivity (Wildman–Crippen MR) is 79.0 cm³/mol. The van der Waals surface area contributed by atoms with E-state index in [1.165, 1.54) is 5.56 Å². The zero-order valence-corrected chi connectivity index (χ0v) is 11.6. The van der Waals surface area contributed by atoms with E-state index >= 15 is 0 Å². The molecule has 0 aromatic heterocycles. The van der Waals surface area contributed by atoms with Crippen molar-refractivity contribution in [2.24, 2.45) is 5.10 Å². The topological polar surface area (TPSA) is 45.7 Å². The molecule has 0 heterocycles. The van der Waals surface area contributed by atoms with E-state index < -0.39 is 0 Å². The molecule has 0 aliphatic rings. The monoisotopic (exact) mass is 265 g/mol. The van der Waals surface area contributed by atoms with Crippen molar-refractivity contribution in [1.29, 1.82) is 0 Å². The number of hydrogen-bond donors (Lipinski definition) is 2. The fourth-order valence-corrected chi connectivity index (χ4v) is 1.47. The average molecular weight is 265 g/mol. The predicted octanol–water partition coefficient (Wildman–Crippen LogP) is 1.69. The fraction of sp³-hybridized carbons (Fsp3) is 0.385. The van der Waals surface area contributed by atoms with Crippen LogP contribution in [0.25, 0.3) is 0 Å². The lowest BCUT2D eigenvalue weighted by atomic mass is 10.1. The lowest BCUT2D eigenvalue weighted by Gasteiger charge is -2.05. The number of methoxy groups -OCH3 is 1. The van der Waals surface area contributed by atoms with Crippen LogP contribution in [0.3, 0.4) is 0 Å². The first-order valence-electron chi connectivity index (χ1n) is 5.91. The minimum atomic E-state index is 0.494. The Labute approximate surface area is 113 Å². The number of nitrogens with zero attached hydrogens (tertiary/aromatic N) is 1. The molecule has 1 rings (SSSR count). The van der Waals surface area contributed by atoms with E-state index in [-0.39, 0.29) is 0 Å². The second-order valence-corrected chi connectivity index (χ2v) is 4.12. The van der Waals surface area contributed by atoms with E-state index in [0.717, 1.165) is 12.0 Å². The van der Waals surface area contributed by atoms with Gasteiger partial charge in [0, 0.05) is 13.7 Å². The maximum Gasteiger partial charge on any atom is 0.187 e. The van der Waals surface area contributed by atoms with Crippen LogP contribution in [-0.4, -0.2) is 31.6 Å². The Hall–Kier alpha value is -1.46. The van der Waals surface area contributed by atoms with Crippen LogP contribution in [0, 0.1) is 0 Å². The smallest absolute Gasteiger partial charge is 0.187 e. The van der Waals surface area contributed by atoms with Gasteiger partial charge < -0.3 is 10.1 Å². The summed E-state index contributed by atoms with van der Waals surface area (Å²) in [4.78, 5) is 0. The van der Waals surface area contributed by atoms with Gasteiger partial charge in [0.1, 0.15) is 0 Å². The number of hydrogen-bond acceptors (Lipinski definition) is 3. The third-order valence-electron chi connectivity index (χ3n) is 2.36. The van der Waals surface area contributed by atoms with Crippen molar-refractivity contribution in [1.82, 2.24) is 10.7 Å². The minimum absolute atomic E-state index is 0.494. The molecule has 0 unspecified atom stereocenters. The molecule has 0 aliphatic heterocycles. The third kappa shape index (κ3) is 5.75. The van der Waals surface area contributed by atoms with E-state index in [1.807, 2.05) is 12.1 Å². The maximum atomic E-state index is 5.03. The fourth-order valence-electron chi connectivity index (χ4n) is 1.31. The highest BCUT2D eigenvalue weighted by atomic mass is 32.1. The van der Waals surface area contributed by atoms with Gasteiger partial charge in [0.2, 0.25) is 0 Å². The molecule has 1 aromatic carbocycles. The second kappa shape index (κ2) is 8.60. The molecule has 0 aliphatic carbocycles. The number of thiocarbonyl (C=S) groups is 1. The minimum Gasteiger partial charge on any atom is -0.383 e. The first-order valence-corrected chi connectivity index (χ1v) is 6.32. The van der Waals surface area contributed by atoms with Gasteiger partial charge in [0.15, 0.2) is 5.11 Å². The van der Waals surface area contributed by atoms with Crippen molar-refractivity contribution in [2.75, 3.05) is 20.3 Å².